The first-order valence-electron chi connectivity index (χ1n) is 5.40. The van der Waals surface area contributed by atoms with Gasteiger partial charge in [0.25, 0.3) is 11.1 Å². The van der Waals surface area contributed by atoms with E-state index in [0.717, 1.165) is 5.56 Å². The Kier molecular flexibility index (Phi) is 3.34. The summed E-state index contributed by atoms with van der Waals surface area (Å²) in [5.41, 5.74) is 1.24. The molecule has 0 aliphatic heterocycles. The second-order valence-corrected chi connectivity index (χ2v) is 4.46. The Hall–Kier alpha value is -1.88. The second kappa shape index (κ2) is 4.78. The number of nitrogens with zero attached hydrogens (tertiary/aromatic N) is 2. The molecule has 0 spiro atoms. The molecule has 2 aromatic heterocycles. The van der Waals surface area contributed by atoms with Gasteiger partial charge >= 0.3 is 0 Å². The minimum Gasteiger partial charge on any atom is -0.268 e. The molecule has 2 aromatic rings. The van der Waals surface area contributed by atoms with Crippen molar-refractivity contribution in [2.75, 3.05) is 0 Å². The summed E-state index contributed by atoms with van der Waals surface area (Å²) in [4.78, 5) is 27.5. The summed E-state index contributed by atoms with van der Waals surface area (Å²) >= 11 is 5.68. The zero-order valence-corrected chi connectivity index (χ0v) is 10.8. The topological polar surface area (TPSA) is 67.8 Å². The van der Waals surface area contributed by atoms with Crippen LogP contribution in [0.5, 0.6) is 0 Å². The van der Waals surface area contributed by atoms with Crippen molar-refractivity contribution in [1.82, 2.24) is 14.8 Å². The van der Waals surface area contributed by atoms with Crippen LogP contribution in [0.2, 0.25) is 5.15 Å². The summed E-state index contributed by atoms with van der Waals surface area (Å²) < 4.78 is 1.27. The second-order valence-electron chi connectivity index (χ2n) is 4.07. The minimum atomic E-state index is -0.256. The molecule has 0 atom stereocenters. The molecule has 94 valence electrons. The third-order valence-corrected chi connectivity index (χ3v) is 3.06. The molecule has 0 fully saturated rings. The first-order valence-corrected chi connectivity index (χ1v) is 5.77. The molecule has 1 N–H and O–H groups in total. The number of aromatic nitrogens is 3. The maximum Gasteiger partial charge on any atom is 0.268 e. The normalized spacial score (nSPS) is 10.6. The molecule has 0 saturated carbocycles. The van der Waals surface area contributed by atoms with Crippen molar-refractivity contribution in [3.63, 3.8) is 0 Å². The number of aromatic amines is 1. The highest BCUT2D eigenvalue weighted by atomic mass is 35.5. The first-order chi connectivity index (χ1) is 8.49. The van der Waals surface area contributed by atoms with Crippen LogP contribution in [0.1, 0.15) is 16.7 Å². The fourth-order valence-corrected chi connectivity index (χ4v) is 1.70. The standard InChI is InChI=1S/C12H12ClN3O2/c1-7-8(2)12(18)16(15-11(7)17)6-9-3-4-10(13)14-5-9/h3-5H,6H2,1-2H3,(H,15,17). The Morgan fingerprint density at radius 3 is 2.61 bits per heavy atom. The van der Waals surface area contributed by atoms with Gasteiger partial charge in [0.15, 0.2) is 0 Å². The van der Waals surface area contributed by atoms with Crippen molar-refractivity contribution in [3.8, 4) is 0 Å². The van der Waals surface area contributed by atoms with Crippen molar-refractivity contribution in [2.45, 2.75) is 20.4 Å². The van der Waals surface area contributed by atoms with E-state index in [9.17, 15) is 9.59 Å². The van der Waals surface area contributed by atoms with E-state index in [0.29, 0.717) is 16.3 Å². The molecule has 6 heteroatoms. The van der Waals surface area contributed by atoms with Crippen molar-refractivity contribution >= 4 is 11.6 Å². The summed E-state index contributed by atoms with van der Waals surface area (Å²) in [5.74, 6) is 0. The number of hydrogen-bond acceptors (Lipinski definition) is 3. The Labute approximate surface area is 108 Å². The average molecular weight is 266 g/mol. The minimum absolute atomic E-state index is 0.206. The van der Waals surface area contributed by atoms with Crippen LogP contribution in [0, 0.1) is 13.8 Å². The summed E-state index contributed by atoms with van der Waals surface area (Å²) in [6.07, 6.45) is 1.57. The van der Waals surface area contributed by atoms with Crippen molar-refractivity contribution < 1.29 is 0 Å². The number of rotatable bonds is 2. The van der Waals surface area contributed by atoms with Gasteiger partial charge < -0.3 is 0 Å². The molecule has 18 heavy (non-hydrogen) atoms. The van der Waals surface area contributed by atoms with Gasteiger partial charge in [0.1, 0.15) is 5.15 Å². The molecule has 0 aliphatic rings. The number of halogens is 1. The van der Waals surface area contributed by atoms with Gasteiger partial charge in [-0.15, -0.1) is 0 Å². The molecule has 0 aromatic carbocycles. The van der Waals surface area contributed by atoms with Gasteiger partial charge in [-0.3, -0.25) is 14.7 Å². The van der Waals surface area contributed by atoms with E-state index in [2.05, 4.69) is 10.1 Å². The molecule has 0 amide bonds. The molecule has 0 aliphatic carbocycles. The van der Waals surface area contributed by atoms with E-state index in [-0.39, 0.29) is 17.7 Å². The Bertz CT molecular complexity index is 686. The van der Waals surface area contributed by atoms with Crippen LogP contribution in [-0.4, -0.2) is 14.8 Å². The molecule has 0 radical (unpaired) electrons. The van der Waals surface area contributed by atoms with E-state index >= 15 is 0 Å². The Morgan fingerprint density at radius 1 is 1.28 bits per heavy atom. The predicted molar refractivity (Wildman–Crippen MR) is 69.1 cm³/mol. The lowest BCUT2D eigenvalue weighted by atomic mass is 10.2. The fourth-order valence-electron chi connectivity index (χ4n) is 1.58. The Balaban J connectivity index is 2.44. The van der Waals surface area contributed by atoms with Crippen LogP contribution in [0.15, 0.2) is 27.9 Å². The van der Waals surface area contributed by atoms with Crippen LogP contribution < -0.4 is 11.1 Å². The molecular formula is C12H12ClN3O2. The SMILES string of the molecule is Cc1c(C)c(=O)n(Cc2ccc(Cl)nc2)[nH]c1=O. The summed E-state index contributed by atoms with van der Waals surface area (Å²) in [5, 5.41) is 2.92. The largest absolute Gasteiger partial charge is 0.268 e. The van der Waals surface area contributed by atoms with Crippen LogP contribution in [0.4, 0.5) is 0 Å². The number of nitrogens with one attached hydrogen (secondary N) is 1. The van der Waals surface area contributed by atoms with Gasteiger partial charge in [0.2, 0.25) is 0 Å². The maximum atomic E-state index is 12.0. The molecule has 0 unspecified atom stereocenters. The third-order valence-electron chi connectivity index (χ3n) is 2.83. The maximum absolute atomic E-state index is 12.0. The molecule has 2 rings (SSSR count). The highest BCUT2D eigenvalue weighted by Gasteiger charge is 2.07. The van der Waals surface area contributed by atoms with Crippen LogP contribution in [0.3, 0.4) is 0 Å². The van der Waals surface area contributed by atoms with Gasteiger partial charge in [-0.05, 0) is 25.5 Å². The van der Waals surface area contributed by atoms with Crippen molar-refractivity contribution in [1.29, 1.82) is 0 Å². The van der Waals surface area contributed by atoms with Gasteiger partial charge in [-0.25, -0.2) is 9.67 Å². The van der Waals surface area contributed by atoms with Crippen LogP contribution in [0.25, 0.3) is 0 Å². The monoisotopic (exact) mass is 265 g/mol. The summed E-state index contributed by atoms with van der Waals surface area (Å²) in [6.45, 7) is 3.53. The zero-order chi connectivity index (χ0) is 13.3. The Morgan fingerprint density at radius 2 is 2.00 bits per heavy atom. The highest BCUT2D eigenvalue weighted by molar-refractivity contribution is 6.29. The third kappa shape index (κ3) is 2.36. The lowest BCUT2D eigenvalue weighted by Gasteiger charge is -2.07. The van der Waals surface area contributed by atoms with E-state index in [1.807, 2.05) is 0 Å². The summed E-state index contributed by atoms with van der Waals surface area (Å²) in [6, 6.07) is 3.40. The number of H-pyrrole nitrogens is 1. The molecule has 2 heterocycles. The van der Waals surface area contributed by atoms with E-state index in [4.69, 9.17) is 11.6 Å². The van der Waals surface area contributed by atoms with Gasteiger partial charge in [-0.2, -0.15) is 0 Å². The van der Waals surface area contributed by atoms with Crippen molar-refractivity contribution in [2.24, 2.45) is 0 Å². The molecule has 5 nitrogen and oxygen atoms in total. The number of pyridine rings is 1. The highest BCUT2D eigenvalue weighted by Crippen LogP contribution is 2.05. The van der Waals surface area contributed by atoms with Crippen LogP contribution >= 0.6 is 11.6 Å². The van der Waals surface area contributed by atoms with Gasteiger partial charge in [0.05, 0.1) is 6.54 Å². The molecule has 0 saturated heterocycles. The fraction of sp³-hybridized carbons (Fsp3) is 0.250. The van der Waals surface area contributed by atoms with Crippen molar-refractivity contribution in [3.05, 3.63) is 60.9 Å². The molecular weight excluding hydrogens is 254 g/mol. The summed E-state index contributed by atoms with van der Waals surface area (Å²) in [7, 11) is 0. The van der Waals surface area contributed by atoms with E-state index < -0.39 is 0 Å². The number of hydrogen-bond donors (Lipinski definition) is 1. The van der Waals surface area contributed by atoms with Gasteiger partial charge in [-0.1, -0.05) is 17.7 Å². The predicted octanol–water partition coefficient (Wildman–Crippen LogP) is 1.25. The molecule has 0 bridgehead atoms. The first kappa shape index (κ1) is 12.6. The lowest BCUT2D eigenvalue weighted by Crippen LogP contribution is -2.33. The quantitative estimate of drug-likeness (QED) is 0.831. The van der Waals surface area contributed by atoms with Gasteiger partial charge in [0, 0.05) is 17.3 Å². The van der Waals surface area contributed by atoms with E-state index in [1.54, 1.807) is 32.2 Å². The van der Waals surface area contributed by atoms with Crippen LogP contribution in [-0.2, 0) is 6.54 Å². The van der Waals surface area contributed by atoms with E-state index in [1.165, 1.54) is 4.68 Å². The zero-order valence-electron chi connectivity index (χ0n) is 10.0. The average Bonchev–Trinajstić information content (AvgIpc) is 2.36. The smallest absolute Gasteiger partial charge is 0.268 e. The lowest BCUT2D eigenvalue weighted by molar-refractivity contribution is 0.617.